The summed E-state index contributed by atoms with van der Waals surface area (Å²) in [6, 6.07) is 15.0. The largest absolute Gasteiger partial charge is 0.349 e. The molecule has 0 saturated heterocycles. The first kappa shape index (κ1) is 13.0. The van der Waals surface area contributed by atoms with Gasteiger partial charge in [0.25, 0.3) is 11.1 Å². The van der Waals surface area contributed by atoms with Crippen molar-refractivity contribution in [2.24, 2.45) is 0 Å². The third kappa shape index (κ3) is 1.83. The molecule has 0 aliphatic carbocycles. The molecule has 0 saturated carbocycles. The van der Waals surface area contributed by atoms with Crippen LogP contribution in [0.4, 0.5) is 0 Å². The van der Waals surface area contributed by atoms with Crippen LogP contribution < -0.4 is 11.1 Å². The standard InChI is InChI=1S/C17H12N2O2S/c1-10-5-4-6-11(9-10)19-16(20)14-15(17(19)21)22-13-8-3-2-7-12(13)18-14/h2-9,18H,1H3. The Morgan fingerprint density at radius 3 is 2.64 bits per heavy atom. The molecule has 2 aliphatic heterocycles. The maximum absolute atomic E-state index is 12.7. The summed E-state index contributed by atoms with van der Waals surface area (Å²) in [6.07, 6.45) is 0. The molecule has 4 rings (SSSR count). The van der Waals surface area contributed by atoms with Crippen LogP contribution in [0.15, 0.2) is 58.1 Å². The highest BCUT2D eigenvalue weighted by molar-refractivity contribution is 7.16. The number of nitrogens with one attached hydrogen (secondary N) is 1. The molecule has 0 radical (unpaired) electrons. The van der Waals surface area contributed by atoms with Crippen LogP contribution in [-0.2, 0) is 0 Å². The van der Waals surface area contributed by atoms with Gasteiger partial charge in [-0.1, -0.05) is 24.3 Å². The molecule has 2 aliphatic rings. The van der Waals surface area contributed by atoms with Gasteiger partial charge in [-0.2, -0.15) is 0 Å². The highest BCUT2D eigenvalue weighted by atomic mass is 32.1. The van der Waals surface area contributed by atoms with Crippen LogP contribution in [0.5, 0.6) is 0 Å². The Kier molecular flexibility index (Phi) is 2.77. The van der Waals surface area contributed by atoms with E-state index in [1.54, 1.807) is 6.07 Å². The number of aromatic nitrogens is 2. The third-order valence-corrected chi connectivity index (χ3v) is 4.82. The summed E-state index contributed by atoms with van der Waals surface area (Å²) in [5.41, 5.74) is 1.91. The lowest BCUT2D eigenvalue weighted by atomic mass is 10.2. The summed E-state index contributed by atoms with van der Waals surface area (Å²) in [5.74, 6) is 0. The molecule has 0 fully saturated rings. The third-order valence-electron chi connectivity index (χ3n) is 3.66. The molecule has 22 heavy (non-hydrogen) atoms. The normalized spacial score (nSPS) is 11.3. The molecule has 2 aromatic carbocycles. The molecule has 0 aromatic heterocycles. The Labute approximate surface area is 128 Å². The number of fused-ring (bicyclic) bond motifs is 1. The Morgan fingerprint density at radius 1 is 1.00 bits per heavy atom. The summed E-state index contributed by atoms with van der Waals surface area (Å²) < 4.78 is 2.66. The van der Waals surface area contributed by atoms with Gasteiger partial charge in [0.1, 0.15) is 9.88 Å². The monoisotopic (exact) mass is 308 g/mol. The second kappa shape index (κ2) is 4.68. The van der Waals surface area contributed by atoms with Gasteiger partial charge >= 0.3 is 0 Å². The predicted molar refractivity (Wildman–Crippen MR) is 88.1 cm³/mol. The number of benzene rings is 2. The van der Waals surface area contributed by atoms with E-state index >= 15 is 0 Å². The predicted octanol–water partition coefficient (Wildman–Crippen LogP) is 2.77. The van der Waals surface area contributed by atoms with E-state index in [0.717, 1.165) is 15.8 Å². The smallest absolute Gasteiger partial charge is 0.283 e. The highest BCUT2D eigenvalue weighted by Crippen LogP contribution is 2.16. The van der Waals surface area contributed by atoms with Gasteiger partial charge in [0, 0.05) is 0 Å². The van der Waals surface area contributed by atoms with Crippen molar-refractivity contribution >= 4 is 21.6 Å². The molecule has 0 atom stereocenters. The van der Waals surface area contributed by atoms with Crippen molar-refractivity contribution in [3.8, 4) is 5.69 Å². The van der Waals surface area contributed by atoms with E-state index in [1.165, 1.54) is 15.9 Å². The number of hydrogen-bond donors (Lipinski definition) is 1. The van der Waals surface area contributed by atoms with E-state index in [4.69, 9.17) is 0 Å². The lowest BCUT2D eigenvalue weighted by molar-refractivity contribution is 0.965. The lowest BCUT2D eigenvalue weighted by Crippen LogP contribution is -2.24. The average Bonchev–Trinajstić information content (AvgIpc) is 2.76. The van der Waals surface area contributed by atoms with Crippen LogP contribution in [0.2, 0.25) is 0 Å². The van der Waals surface area contributed by atoms with E-state index in [9.17, 15) is 9.59 Å². The second-order valence-corrected chi connectivity index (χ2v) is 6.26. The molecule has 4 nitrogen and oxygen atoms in total. The number of nitrogens with zero attached hydrogens (tertiary/aromatic N) is 1. The quantitative estimate of drug-likeness (QED) is 0.588. The van der Waals surface area contributed by atoms with Crippen molar-refractivity contribution in [1.29, 1.82) is 0 Å². The fourth-order valence-corrected chi connectivity index (χ4v) is 3.63. The van der Waals surface area contributed by atoms with Gasteiger partial charge in [-0.3, -0.25) is 9.59 Å². The minimum Gasteiger partial charge on any atom is -0.349 e. The van der Waals surface area contributed by atoms with Crippen LogP contribution in [0.3, 0.4) is 0 Å². The molecule has 2 aromatic rings. The Bertz CT molecular complexity index is 1110. The van der Waals surface area contributed by atoms with Crippen LogP contribution >= 0.6 is 11.3 Å². The Balaban J connectivity index is 2.17. The van der Waals surface area contributed by atoms with Gasteiger partial charge in [0.15, 0.2) is 0 Å². The van der Waals surface area contributed by atoms with Gasteiger partial charge in [0.05, 0.1) is 15.9 Å². The summed E-state index contributed by atoms with van der Waals surface area (Å²) in [5, 5.41) is 0.371. The van der Waals surface area contributed by atoms with Gasteiger partial charge < -0.3 is 4.98 Å². The fraction of sp³-hybridized carbons (Fsp3) is 0.0588. The second-order valence-electron chi connectivity index (χ2n) is 5.21. The highest BCUT2D eigenvalue weighted by Gasteiger charge is 2.13. The van der Waals surface area contributed by atoms with Crippen molar-refractivity contribution in [3.05, 3.63) is 84.7 Å². The first-order valence-electron chi connectivity index (χ1n) is 6.89. The van der Waals surface area contributed by atoms with Crippen molar-refractivity contribution in [2.45, 2.75) is 6.92 Å². The minimum absolute atomic E-state index is 0.266. The lowest BCUT2D eigenvalue weighted by Gasteiger charge is -2.00. The number of aromatic amines is 1. The van der Waals surface area contributed by atoms with E-state index in [1.807, 2.05) is 49.4 Å². The van der Waals surface area contributed by atoms with Gasteiger partial charge in [-0.05, 0) is 36.8 Å². The first-order valence-corrected chi connectivity index (χ1v) is 7.70. The molecule has 0 bridgehead atoms. The molecule has 108 valence electrons. The van der Waals surface area contributed by atoms with E-state index < -0.39 is 0 Å². The zero-order chi connectivity index (χ0) is 15.3. The molecule has 1 N–H and O–H groups in total. The van der Waals surface area contributed by atoms with Crippen LogP contribution in [0.25, 0.3) is 15.9 Å². The average molecular weight is 308 g/mol. The van der Waals surface area contributed by atoms with Crippen LogP contribution in [0, 0.1) is 16.8 Å². The Morgan fingerprint density at radius 2 is 1.82 bits per heavy atom. The molecule has 0 unspecified atom stereocenters. The number of H-pyrrole nitrogens is 1. The molecule has 0 spiro atoms. The summed E-state index contributed by atoms with van der Waals surface area (Å²) in [4.78, 5) is 28.4. The van der Waals surface area contributed by atoms with E-state index in [0.29, 0.717) is 15.6 Å². The Hall–Kier alpha value is -2.66. The number of rotatable bonds is 1. The maximum Gasteiger partial charge on any atom is 0.283 e. The maximum atomic E-state index is 12.7. The van der Waals surface area contributed by atoms with Crippen molar-refractivity contribution < 1.29 is 0 Å². The van der Waals surface area contributed by atoms with Gasteiger partial charge in [0.2, 0.25) is 0 Å². The first-order chi connectivity index (χ1) is 10.6. The summed E-state index contributed by atoms with van der Waals surface area (Å²) in [7, 11) is 0. The number of para-hydroxylation sites is 1. The van der Waals surface area contributed by atoms with Crippen LogP contribution in [-0.4, -0.2) is 9.55 Å². The van der Waals surface area contributed by atoms with Gasteiger partial charge in [-0.15, -0.1) is 11.3 Å². The SMILES string of the molecule is Cc1cccc(-n2c(=O)c3[nH]c4ccccc4sc=3c2=O)c1. The topological polar surface area (TPSA) is 54.9 Å². The minimum atomic E-state index is -0.299. The molecule has 0 amide bonds. The van der Waals surface area contributed by atoms with Crippen molar-refractivity contribution in [2.75, 3.05) is 0 Å². The summed E-state index contributed by atoms with van der Waals surface area (Å²) >= 11 is 1.35. The zero-order valence-electron chi connectivity index (χ0n) is 11.8. The molecular weight excluding hydrogens is 296 g/mol. The fourth-order valence-electron chi connectivity index (χ4n) is 2.62. The van der Waals surface area contributed by atoms with E-state index in [2.05, 4.69) is 4.98 Å². The molecule has 2 heterocycles. The molecular formula is C17H12N2O2S. The van der Waals surface area contributed by atoms with Crippen LogP contribution in [0.1, 0.15) is 5.56 Å². The van der Waals surface area contributed by atoms with E-state index in [-0.39, 0.29) is 11.1 Å². The van der Waals surface area contributed by atoms with Gasteiger partial charge in [-0.25, -0.2) is 4.57 Å². The zero-order valence-corrected chi connectivity index (χ0v) is 12.6. The number of hydrogen-bond acceptors (Lipinski definition) is 3. The van der Waals surface area contributed by atoms with Crippen molar-refractivity contribution in [1.82, 2.24) is 9.55 Å². The summed E-state index contributed by atoms with van der Waals surface area (Å²) in [6.45, 7) is 1.94. The number of aryl methyl sites for hydroxylation is 1. The molecule has 5 heteroatoms. The van der Waals surface area contributed by atoms with Crippen molar-refractivity contribution in [3.63, 3.8) is 0 Å².